The Labute approximate surface area is 117 Å². The van der Waals surface area contributed by atoms with E-state index in [0.717, 1.165) is 6.26 Å². The fourth-order valence-electron chi connectivity index (χ4n) is 1.61. The highest BCUT2D eigenvalue weighted by Gasteiger charge is 2.08. The van der Waals surface area contributed by atoms with Crippen molar-refractivity contribution in [2.75, 3.05) is 6.26 Å². The molecule has 0 N–H and O–H groups in total. The molecule has 5 nitrogen and oxygen atoms in total. The summed E-state index contributed by atoms with van der Waals surface area (Å²) in [7, 11) is -3.27. The summed E-state index contributed by atoms with van der Waals surface area (Å²) < 4.78 is 28.4. The van der Waals surface area contributed by atoms with Crippen LogP contribution in [-0.2, 0) is 16.4 Å². The van der Waals surface area contributed by atoms with E-state index in [2.05, 4.69) is 4.98 Å². The van der Waals surface area contributed by atoms with Crippen LogP contribution >= 0.6 is 0 Å². The maximum absolute atomic E-state index is 11.5. The second-order valence-electron chi connectivity index (χ2n) is 4.16. The van der Waals surface area contributed by atoms with Gasteiger partial charge in [-0.3, -0.25) is 0 Å². The summed E-state index contributed by atoms with van der Waals surface area (Å²) in [5, 5.41) is 8.92. The predicted octanol–water partition coefficient (Wildman–Crippen LogP) is 1.94. The van der Waals surface area contributed by atoms with Gasteiger partial charge >= 0.3 is 0 Å². The number of aromatic nitrogens is 1. The summed E-state index contributed by atoms with van der Waals surface area (Å²) in [5.41, 5.74) is 0.950. The van der Waals surface area contributed by atoms with Gasteiger partial charge in [-0.1, -0.05) is 12.1 Å². The van der Waals surface area contributed by atoms with Crippen LogP contribution in [0.3, 0.4) is 0 Å². The Balaban J connectivity index is 2.18. The Kier molecular flexibility index (Phi) is 4.01. The molecule has 0 amide bonds. The van der Waals surface area contributed by atoms with E-state index in [0.29, 0.717) is 17.0 Å². The molecule has 0 radical (unpaired) electrons. The third kappa shape index (κ3) is 3.33. The summed E-state index contributed by atoms with van der Waals surface area (Å²) in [6.07, 6.45) is 2.67. The van der Waals surface area contributed by atoms with E-state index in [-0.39, 0.29) is 11.5 Å². The van der Waals surface area contributed by atoms with Crippen LogP contribution in [0.5, 0.6) is 5.75 Å². The lowest BCUT2D eigenvalue weighted by atomic mass is 10.2. The molecule has 6 heteroatoms. The fourth-order valence-corrected chi connectivity index (χ4v) is 2.27. The largest absolute Gasteiger partial charge is 0.489 e. The quantitative estimate of drug-likeness (QED) is 0.858. The van der Waals surface area contributed by atoms with E-state index in [1.165, 1.54) is 18.3 Å². The smallest absolute Gasteiger partial charge is 0.175 e. The van der Waals surface area contributed by atoms with Crippen molar-refractivity contribution in [1.29, 1.82) is 5.26 Å². The molecule has 0 aliphatic rings. The number of ether oxygens (including phenoxy) is 1. The van der Waals surface area contributed by atoms with Crippen molar-refractivity contribution in [1.82, 2.24) is 4.98 Å². The third-order valence-corrected chi connectivity index (χ3v) is 3.74. The van der Waals surface area contributed by atoms with Gasteiger partial charge in [-0.25, -0.2) is 13.4 Å². The van der Waals surface area contributed by atoms with Crippen LogP contribution < -0.4 is 4.74 Å². The number of hydrogen-bond acceptors (Lipinski definition) is 5. The first-order valence-corrected chi connectivity index (χ1v) is 7.67. The fraction of sp³-hybridized carbons (Fsp3) is 0.143. The molecule has 20 heavy (non-hydrogen) atoms. The van der Waals surface area contributed by atoms with Gasteiger partial charge < -0.3 is 4.74 Å². The second-order valence-corrected chi connectivity index (χ2v) is 6.17. The first kappa shape index (κ1) is 14.0. The molecule has 0 atom stereocenters. The normalized spacial score (nSPS) is 10.8. The summed E-state index contributed by atoms with van der Waals surface area (Å²) >= 11 is 0. The van der Waals surface area contributed by atoms with Gasteiger partial charge in [0.05, 0.1) is 4.90 Å². The van der Waals surface area contributed by atoms with Gasteiger partial charge in [0.25, 0.3) is 0 Å². The molecule has 0 aliphatic heterocycles. The highest BCUT2D eigenvalue weighted by atomic mass is 32.2. The van der Waals surface area contributed by atoms with E-state index >= 15 is 0 Å². The molecule has 102 valence electrons. The third-order valence-electron chi connectivity index (χ3n) is 2.63. The molecule has 0 fully saturated rings. The SMILES string of the molecule is CS(=O)(=O)c1cccc(OCc2cccnc2C#N)c1. The second kappa shape index (κ2) is 5.72. The lowest BCUT2D eigenvalue weighted by Gasteiger charge is -2.08. The van der Waals surface area contributed by atoms with Crippen LogP contribution in [0.2, 0.25) is 0 Å². The predicted molar refractivity (Wildman–Crippen MR) is 72.8 cm³/mol. The standard InChI is InChI=1S/C14H12N2O3S/c1-20(17,18)13-6-2-5-12(8-13)19-10-11-4-3-7-16-14(11)9-15/h2-8H,10H2,1H3. The van der Waals surface area contributed by atoms with Gasteiger partial charge in [0.15, 0.2) is 9.84 Å². The zero-order valence-electron chi connectivity index (χ0n) is 10.8. The average molecular weight is 288 g/mol. The van der Waals surface area contributed by atoms with Crippen LogP contribution in [0.15, 0.2) is 47.5 Å². The van der Waals surface area contributed by atoms with E-state index in [1.54, 1.807) is 24.3 Å². The number of pyridine rings is 1. The van der Waals surface area contributed by atoms with Crippen molar-refractivity contribution < 1.29 is 13.2 Å². The Morgan fingerprint density at radius 1 is 1.30 bits per heavy atom. The van der Waals surface area contributed by atoms with Gasteiger partial charge in [0, 0.05) is 18.0 Å². The molecule has 2 rings (SSSR count). The molecule has 1 aromatic heterocycles. The topological polar surface area (TPSA) is 80.1 Å². The number of sulfone groups is 1. The van der Waals surface area contributed by atoms with Crippen LogP contribution in [0, 0.1) is 11.3 Å². The molecule has 0 saturated heterocycles. The maximum atomic E-state index is 11.5. The Morgan fingerprint density at radius 3 is 2.80 bits per heavy atom. The van der Waals surface area contributed by atoms with Crippen LogP contribution in [0.1, 0.15) is 11.3 Å². The zero-order valence-corrected chi connectivity index (χ0v) is 11.6. The number of rotatable bonds is 4. The molecule has 2 aromatic rings. The van der Waals surface area contributed by atoms with Crippen LogP contribution in [0.25, 0.3) is 0 Å². The minimum Gasteiger partial charge on any atom is -0.489 e. The zero-order chi connectivity index (χ0) is 14.6. The lowest BCUT2D eigenvalue weighted by molar-refractivity contribution is 0.304. The minimum atomic E-state index is -3.27. The van der Waals surface area contributed by atoms with Crippen LogP contribution in [-0.4, -0.2) is 19.7 Å². The maximum Gasteiger partial charge on any atom is 0.175 e. The molecule has 0 aliphatic carbocycles. The van der Waals surface area contributed by atoms with Crippen molar-refractivity contribution in [3.63, 3.8) is 0 Å². The van der Waals surface area contributed by atoms with Gasteiger partial charge in [-0.05, 0) is 24.3 Å². The van der Waals surface area contributed by atoms with Gasteiger partial charge in [-0.2, -0.15) is 5.26 Å². The molecule has 0 saturated carbocycles. The summed E-state index contributed by atoms with van der Waals surface area (Å²) in [6, 6.07) is 11.7. The van der Waals surface area contributed by atoms with Crippen molar-refractivity contribution in [2.24, 2.45) is 0 Å². The van der Waals surface area contributed by atoms with E-state index in [4.69, 9.17) is 10.00 Å². The Hall–Kier alpha value is -2.39. The van der Waals surface area contributed by atoms with Gasteiger partial charge in [-0.15, -0.1) is 0 Å². The Bertz CT molecular complexity index is 764. The molecule has 1 heterocycles. The molecule has 1 aromatic carbocycles. The number of nitrogens with zero attached hydrogens (tertiary/aromatic N) is 2. The molecule has 0 unspecified atom stereocenters. The average Bonchev–Trinajstić information content (AvgIpc) is 2.45. The highest BCUT2D eigenvalue weighted by molar-refractivity contribution is 7.90. The van der Waals surface area contributed by atoms with E-state index in [1.807, 2.05) is 6.07 Å². The summed E-state index contributed by atoms with van der Waals surface area (Å²) in [6.45, 7) is 0.157. The first-order chi connectivity index (χ1) is 9.50. The number of hydrogen-bond donors (Lipinski definition) is 0. The number of nitriles is 1. The minimum absolute atomic E-state index is 0.157. The molecular formula is C14H12N2O3S. The molecular weight excluding hydrogens is 276 g/mol. The van der Waals surface area contributed by atoms with Crippen molar-refractivity contribution in [3.05, 3.63) is 53.9 Å². The lowest BCUT2D eigenvalue weighted by Crippen LogP contribution is -2.01. The van der Waals surface area contributed by atoms with Crippen molar-refractivity contribution in [2.45, 2.75) is 11.5 Å². The van der Waals surface area contributed by atoms with Gasteiger partial charge in [0.2, 0.25) is 0 Å². The monoisotopic (exact) mass is 288 g/mol. The van der Waals surface area contributed by atoms with E-state index in [9.17, 15) is 8.42 Å². The highest BCUT2D eigenvalue weighted by Crippen LogP contribution is 2.19. The van der Waals surface area contributed by atoms with Crippen LogP contribution in [0.4, 0.5) is 0 Å². The first-order valence-electron chi connectivity index (χ1n) is 5.77. The summed E-state index contributed by atoms with van der Waals surface area (Å²) in [4.78, 5) is 4.13. The van der Waals surface area contributed by atoms with Crippen molar-refractivity contribution >= 4 is 9.84 Å². The molecule has 0 spiro atoms. The van der Waals surface area contributed by atoms with Gasteiger partial charge in [0.1, 0.15) is 24.1 Å². The summed E-state index contributed by atoms with van der Waals surface area (Å²) in [5.74, 6) is 0.431. The Morgan fingerprint density at radius 2 is 2.10 bits per heavy atom. The van der Waals surface area contributed by atoms with E-state index < -0.39 is 9.84 Å². The molecule has 0 bridgehead atoms. The number of benzene rings is 1. The van der Waals surface area contributed by atoms with Crippen molar-refractivity contribution in [3.8, 4) is 11.8 Å².